The van der Waals surface area contributed by atoms with Crippen LogP contribution in [0.2, 0.25) is 0 Å². The molecule has 1 heterocycles. The fourth-order valence-electron chi connectivity index (χ4n) is 4.16. The number of anilines is 1. The highest BCUT2D eigenvalue weighted by molar-refractivity contribution is 6.02. The van der Waals surface area contributed by atoms with Crippen LogP contribution in [-0.4, -0.2) is 47.1 Å². The fourth-order valence-corrected chi connectivity index (χ4v) is 4.16. The van der Waals surface area contributed by atoms with Gasteiger partial charge in [-0.25, -0.2) is 4.68 Å². The lowest BCUT2D eigenvalue weighted by Gasteiger charge is -2.32. The van der Waals surface area contributed by atoms with E-state index in [1.807, 2.05) is 86.6 Å². The second-order valence-corrected chi connectivity index (χ2v) is 8.39. The van der Waals surface area contributed by atoms with Gasteiger partial charge in [0.25, 0.3) is 0 Å². The SMILES string of the molecule is COCCNC(=O)[C@H](c1ccccc1)N(C(=O)Cn1nnc2ccccc21)c1ccc(C)cc1C. The van der Waals surface area contributed by atoms with E-state index in [2.05, 4.69) is 15.6 Å². The van der Waals surface area contributed by atoms with Crippen LogP contribution in [0.15, 0.2) is 72.8 Å². The lowest BCUT2D eigenvalue weighted by molar-refractivity contribution is -0.127. The van der Waals surface area contributed by atoms with E-state index in [9.17, 15) is 9.59 Å². The molecule has 1 N–H and O–H groups in total. The van der Waals surface area contributed by atoms with Gasteiger partial charge in [0.05, 0.1) is 12.1 Å². The summed E-state index contributed by atoms with van der Waals surface area (Å²) in [6, 6.07) is 21.8. The number of carbonyl (C=O) groups is 2. The van der Waals surface area contributed by atoms with E-state index in [1.165, 1.54) is 0 Å². The Bertz CT molecular complexity index is 1320. The monoisotopic (exact) mass is 471 g/mol. The Morgan fingerprint density at radius 3 is 2.51 bits per heavy atom. The topological polar surface area (TPSA) is 89.4 Å². The molecule has 1 atom stereocenters. The van der Waals surface area contributed by atoms with Gasteiger partial charge in [0.15, 0.2) is 0 Å². The van der Waals surface area contributed by atoms with Gasteiger partial charge in [-0.15, -0.1) is 5.10 Å². The summed E-state index contributed by atoms with van der Waals surface area (Å²) in [5.74, 6) is -0.562. The summed E-state index contributed by atoms with van der Waals surface area (Å²) in [7, 11) is 1.58. The minimum atomic E-state index is -0.878. The molecular formula is C27H29N5O3. The number of methoxy groups -OCH3 is 1. The molecule has 0 aliphatic heterocycles. The van der Waals surface area contributed by atoms with Gasteiger partial charge >= 0.3 is 0 Å². The maximum absolute atomic E-state index is 14.0. The third-order valence-corrected chi connectivity index (χ3v) is 5.81. The Balaban J connectivity index is 1.79. The van der Waals surface area contributed by atoms with Crippen LogP contribution in [0, 0.1) is 13.8 Å². The normalized spacial score (nSPS) is 11.9. The fraction of sp³-hybridized carbons (Fsp3) is 0.259. The zero-order valence-electron chi connectivity index (χ0n) is 20.1. The largest absolute Gasteiger partial charge is 0.383 e. The van der Waals surface area contributed by atoms with Crippen LogP contribution in [0.1, 0.15) is 22.7 Å². The third kappa shape index (κ3) is 5.38. The number of carbonyl (C=O) groups excluding carboxylic acids is 2. The van der Waals surface area contributed by atoms with Crippen LogP contribution in [0.4, 0.5) is 5.69 Å². The maximum atomic E-state index is 14.0. The van der Waals surface area contributed by atoms with Crippen molar-refractivity contribution >= 4 is 28.5 Å². The summed E-state index contributed by atoms with van der Waals surface area (Å²) < 4.78 is 6.67. The van der Waals surface area contributed by atoms with Crippen molar-refractivity contribution in [3.8, 4) is 0 Å². The van der Waals surface area contributed by atoms with Crippen molar-refractivity contribution in [3.05, 3.63) is 89.5 Å². The number of para-hydroxylation sites is 1. The molecule has 1 aromatic heterocycles. The zero-order chi connectivity index (χ0) is 24.8. The predicted molar refractivity (Wildman–Crippen MR) is 135 cm³/mol. The van der Waals surface area contributed by atoms with Crippen LogP contribution in [0.3, 0.4) is 0 Å². The van der Waals surface area contributed by atoms with E-state index >= 15 is 0 Å². The Morgan fingerprint density at radius 2 is 1.77 bits per heavy atom. The maximum Gasteiger partial charge on any atom is 0.249 e. The van der Waals surface area contributed by atoms with Crippen LogP contribution in [0.25, 0.3) is 11.0 Å². The lowest BCUT2D eigenvalue weighted by Crippen LogP contribution is -2.46. The number of ether oxygens (including phenoxy) is 1. The standard InChI is InChI=1S/C27H29N5O3/c1-19-13-14-23(20(2)17-19)32(25(33)18-31-24-12-8-7-11-22(24)29-30-31)26(21-9-5-4-6-10-21)27(34)28-15-16-35-3/h4-14,17,26H,15-16,18H2,1-3H3,(H,28,34)/t26-/m0/s1. The molecule has 0 saturated carbocycles. The number of hydrogen-bond acceptors (Lipinski definition) is 5. The van der Waals surface area contributed by atoms with Gasteiger partial charge in [-0.05, 0) is 43.2 Å². The van der Waals surface area contributed by atoms with E-state index in [4.69, 9.17) is 4.74 Å². The van der Waals surface area contributed by atoms with Gasteiger partial charge < -0.3 is 10.1 Å². The average molecular weight is 472 g/mol. The summed E-state index contributed by atoms with van der Waals surface area (Å²) in [5, 5.41) is 11.3. The molecular weight excluding hydrogens is 442 g/mol. The summed E-state index contributed by atoms with van der Waals surface area (Å²) in [6.45, 7) is 4.58. The molecule has 35 heavy (non-hydrogen) atoms. The van der Waals surface area contributed by atoms with Crippen molar-refractivity contribution in [2.45, 2.75) is 26.4 Å². The summed E-state index contributed by atoms with van der Waals surface area (Å²) in [6.07, 6.45) is 0. The van der Waals surface area contributed by atoms with E-state index in [0.29, 0.717) is 29.9 Å². The third-order valence-electron chi connectivity index (χ3n) is 5.81. The first kappa shape index (κ1) is 24.1. The second-order valence-electron chi connectivity index (χ2n) is 8.39. The van der Waals surface area contributed by atoms with Crippen LogP contribution in [0.5, 0.6) is 0 Å². The minimum Gasteiger partial charge on any atom is -0.383 e. The van der Waals surface area contributed by atoms with Gasteiger partial charge in [0.2, 0.25) is 11.8 Å². The Hall–Kier alpha value is -4.04. The predicted octanol–water partition coefficient (Wildman–Crippen LogP) is 3.59. The van der Waals surface area contributed by atoms with Crippen molar-refractivity contribution < 1.29 is 14.3 Å². The molecule has 4 aromatic rings. The first-order chi connectivity index (χ1) is 17.0. The van der Waals surface area contributed by atoms with E-state index in [-0.39, 0.29) is 18.4 Å². The van der Waals surface area contributed by atoms with Gasteiger partial charge in [-0.2, -0.15) is 0 Å². The molecule has 8 nitrogen and oxygen atoms in total. The molecule has 0 radical (unpaired) electrons. The number of benzene rings is 3. The molecule has 0 bridgehead atoms. The minimum absolute atomic E-state index is 0.0669. The number of amides is 2. The number of nitrogens with one attached hydrogen (secondary N) is 1. The quantitative estimate of drug-likeness (QED) is 0.377. The van der Waals surface area contributed by atoms with Crippen LogP contribution >= 0.6 is 0 Å². The molecule has 2 amide bonds. The highest BCUT2D eigenvalue weighted by Crippen LogP contribution is 2.31. The van der Waals surface area contributed by atoms with Gasteiger partial charge in [-0.3, -0.25) is 14.5 Å². The number of rotatable bonds is 9. The van der Waals surface area contributed by atoms with Crippen molar-refractivity contribution in [2.24, 2.45) is 0 Å². The Labute approximate surface area is 204 Å². The number of fused-ring (bicyclic) bond motifs is 1. The van der Waals surface area contributed by atoms with Crippen molar-refractivity contribution in [2.75, 3.05) is 25.2 Å². The second kappa shape index (κ2) is 10.9. The molecule has 0 saturated heterocycles. The van der Waals surface area contributed by atoms with Gasteiger partial charge in [0, 0.05) is 19.3 Å². The molecule has 0 aliphatic rings. The molecule has 0 aliphatic carbocycles. The van der Waals surface area contributed by atoms with Crippen LogP contribution < -0.4 is 10.2 Å². The molecule has 0 unspecified atom stereocenters. The summed E-state index contributed by atoms with van der Waals surface area (Å²) >= 11 is 0. The van der Waals surface area contributed by atoms with E-state index in [0.717, 1.165) is 16.6 Å². The molecule has 0 fully saturated rings. The molecule has 3 aromatic carbocycles. The zero-order valence-corrected chi connectivity index (χ0v) is 20.1. The van der Waals surface area contributed by atoms with Crippen molar-refractivity contribution in [1.29, 1.82) is 0 Å². The highest BCUT2D eigenvalue weighted by atomic mass is 16.5. The Morgan fingerprint density at radius 1 is 1.03 bits per heavy atom. The van der Waals surface area contributed by atoms with Crippen molar-refractivity contribution in [1.82, 2.24) is 20.3 Å². The van der Waals surface area contributed by atoms with Crippen molar-refractivity contribution in [3.63, 3.8) is 0 Å². The molecule has 8 heteroatoms. The Kier molecular flexibility index (Phi) is 7.52. The summed E-state index contributed by atoms with van der Waals surface area (Å²) in [5.41, 5.74) is 4.80. The first-order valence-corrected chi connectivity index (χ1v) is 11.5. The molecule has 0 spiro atoms. The van der Waals surface area contributed by atoms with Gasteiger partial charge in [-0.1, -0.05) is 65.4 Å². The number of nitrogens with zero attached hydrogens (tertiary/aromatic N) is 4. The molecule has 180 valence electrons. The van der Waals surface area contributed by atoms with Gasteiger partial charge in [0.1, 0.15) is 18.1 Å². The van der Waals surface area contributed by atoms with E-state index < -0.39 is 6.04 Å². The van der Waals surface area contributed by atoms with E-state index in [1.54, 1.807) is 16.7 Å². The number of aromatic nitrogens is 3. The first-order valence-electron chi connectivity index (χ1n) is 11.5. The summed E-state index contributed by atoms with van der Waals surface area (Å²) in [4.78, 5) is 29.1. The smallest absolute Gasteiger partial charge is 0.249 e. The number of hydrogen-bond donors (Lipinski definition) is 1. The number of aryl methyl sites for hydroxylation is 2. The van der Waals surface area contributed by atoms with Crippen LogP contribution in [-0.2, 0) is 20.9 Å². The molecule has 4 rings (SSSR count). The highest BCUT2D eigenvalue weighted by Gasteiger charge is 2.33. The lowest BCUT2D eigenvalue weighted by atomic mass is 10.0. The average Bonchev–Trinajstić information content (AvgIpc) is 3.26.